The van der Waals surface area contributed by atoms with Crippen LogP contribution in [0.4, 0.5) is 4.39 Å². The summed E-state index contributed by atoms with van der Waals surface area (Å²) in [6.07, 6.45) is 5.48. The standard InChI is InChI=1S/C15H17FN6/c1-21-10-12(7-19-21)15(11-3-5-13(16)6-4-11)17-8-14-9-18-20-22(14)2/h3-7,9-10,15,17H,8H2,1-2H3/t15-/m1/s1. The molecule has 22 heavy (non-hydrogen) atoms. The fourth-order valence-corrected chi connectivity index (χ4v) is 2.35. The van der Waals surface area contributed by atoms with Crippen LogP contribution in [0.25, 0.3) is 0 Å². The highest BCUT2D eigenvalue weighted by molar-refractivity contribution is 5.29. The number of aromatic nitrogens is 5. The molecule has 3 aromatic rings. The van der Waals surface area contributed by atoms with Crippen molar-refractivity contribution in [2.45, 2.75) is 12.6 Å². The SMILES string of the molecule is Cn1cc([C@H](NCc2cnnn2C)c2ccc(F)cc2)cn1. The Morgan fingerprint density at radius 2 is 1.91 bits per heavy atom. The van der Waals surface area contributed by atoms with Crippen molar-refractivity contribution >= 4 is 0 Å². The van der Waals surface area contributed by atoms with E-state index in [1.807, 2.05) is 26.5 Å². The van der Waals surface area contributed by atoms with Crippen molar-refractivity contribution in [2.24, 2.45) is 14.1 Å². The number of nitrogens with one attached hydrogen (secondary N) is 1. The molecule has 0 saturated heterocycles. The van der Waals surface area contributed by atoms with Crippen molar-refractivity contribution in [1.29, 1.82) is 0 Å². The highest BCUT2D eigenvalue weighted by atomic mass is 19.1. The van der Waals surface area contributed by atoms with Gasteiger partial charge in [-0.25, -0.2) is 4.39 Å². The van der Waals surface area contributed by atoms with Gasteiger partial charge in [-0.05, 0) is 17.7 Å². The maximum absolute atomic E-state index is 13.2. The summed E-state index contributed by atoms with van der Waals surface area (Å²) in [4.78, 5) is 0. The minimum atomic E-state index is -0.246. The average Bonchev–Trinajstić information content (AvgIpc) is 3.10. The van der Waals surface area contributed by atoms with Crippen molar-refractivity contribution in [3.05, 3.63) is 65.5 Å². The van der Waals surface area contributed by atoms with Crippen molar-refractivity contribution in [3.8, 4) is 0 Å². The minimum absolute atomic E-state index is 0.0794. The van der Waals surface area contributed by atoms with E-state index in [0.29, 0.717) is 6.54 Å². The molecule has 1 N–H and O–H groups in total. The Labute approximate surface area is 127 Å². The van der Waals surface area contributed by atoms with Gasteiger partial charge in [0.25, 0.3) is 0 Å². The smallest absolute Gasteiger partial charge is 0.123 e. The third kappa shape index (κ3) is 3.04. The summed E-state index contributed by atoms with van der Waals surface area (Å²) in [6, 6.07) is 6.41. The second-order valence-corrected chi connectivity index (χ2v) is 5.16. The first-order chi connectivity index (χ1) is 10.6. The Balaban J connectivity index is 1.86. The molecule has 0 unspecified atom stereocenters. The molecule has 0 aliphatic rings. The van der Waals surface area contributed by atoms with Crippen molar-refractivity contribution in [1.82, 2.24) is 30.1 Å². The topological polar surface area (TPSA) is 60.6 Å². The maximum atomic E-state index is 13.2. The van der Waals surface area contributed by atoms with Crippen LogP contribution in [0.3, 0.4) is 0 Å². The third-order valence-electron chi connectivity index (χ3n) is 3.56. The van der Waals surface area contributed by atoms with Crippen molar-refractivity contribution in [3.63, 3.8) is 0 Å². The second kappa shape index (κ2) is 6.07. The number of hydrogen-bond donors (Lipinski definition) is 1. The molecule has 3 rings (SSSR count). The molecule has 0 spiro atoms. The molecule has 0 amide bonds. The lowest BCUT2D eigenvalue weighted by Crippen LogP contribution is -2.23. The molecular formula is C15H17FN6. The predicted molar refractivity (Wildman–Crippen MR) is 79.3 cm³/mol. The zero-order valence-corrected chi connectivity index (χ0v) is 12.4. The number of nitrogens with zero attached hydrogens (tertiary/aromatic N) is 5. The highest BCUT2D eigenvalue weighted by Gasteiger charge is 2.16. The van der Waals surface area contributed by atoms with E-state index in [2.05, 4.69) is 20.7 Å². The fourth-order valence-electron chi connectivity index (χ4n) is 2.35. The van der Waals surface area contributed by atoms with Crippen LogP contribution in [0.5, 0.6) is 0 Å². The number of halogens is 1. The van der Waals surface area contributed by atoms with Gasteiger partial charge >= 0.3 is 0 Å². The quantitative estimate of drug-likeness (QED) is 0.777. The summed E-state index contributed by atoms with van der Waals surface area (Å²) < 4.78 is 16.6. The molecule has 0 bridgehead atoms. The van der Waals surface area contributed by atoms with E-state index in [4.69, 9.17) is 0 Å². The van der Waals surface area contributed by atoms with Crippen LogP contribution < -0.4 is 5.32 Å². The summed E-state index contributed by atoms with van der Waals surface area (Å²) in [5.74, 6) is -0.246. The zero-order valence-electron chi connectivity index (χ0n) is 12.4. The van der Waals surface area contributed by atoms with Gasteiger partial charge in [-0.1, -0.05) is 17.3 Å². The van der Waals surface area contributed by atoms with E-state index < -0.39 is 0 Å². The summed E-state index contributed by atoms with van der Waals surface area (Å²) in [6.45, 7) is 0.598. The van der Waals surface area contributed by atoms with E-state index in [1.54, 1.807) is 27.7 Å². The number of rotatable bonds is 5. The molecule has 7 heteroatoms. The Bertz CT molecular complexity index is 745. The predicted octanol–water partition coefficient (Wildman–Crippen LogP) is 1.57. The van der Waals surface area contributed by atoms with Gasteiger partial charge in [0.15, 0.2) is 0 Å². The van der Waals surface area contributed by atoms with Gasteiger partial charge in [0.05, 0.1) is 24.1 Å². The summed E-state index contributed by atoms with van der Waals surface area (Å²) in [5.41, 5.74) is 2.96. The number of aryl methyl sites for hydroxylation is 2. The van der Waals surface area contributed by atoms with Gasteiger partial charge in [-0.2, -0.15) is 5.10 Å². The van der Waals surface area contributed by atoms with Gasteiger partial charge in [0, 0.05) is 32.4 Å². The summed E-state index contributed by atoms with van der Waals surface area (Å²) in [5, 5.41) is 15.5. The van der Waals surface area contributed by atoms with E-state index in [9.17, 15) is 4.39 Å². The van der Waals surface area contributed by atoms with Gasteiger partial charge in [0.1, 0.15) is 5.82 Å². The molecule has 6 nitrogen and oxygen atoms in total. The lowest BCUT2D eigenvalue weighted by molar-refractivity contribution is 0.566. The van der Waals surface area contributed by atoms with Crippen LogP contribution >= 0.6 is 0 Å². The number of hydrogen-bond acceptors (Lipinski definition) is 4. The summed E-state index contributed by atoms with van der Waals surface area (Å²) >= 11 is 0. The number of benzene rings is 1. The van der Waals surface area contributed by atoms with Crippen LogP contribution in [0.15, 0.2) is 42.9 Å². The monoisotopic (exact) mass is 300 g/mol. The Kier molecular flexibility index (Phi) is 3.97. The van der Waals surface area contributed by atoms with E-state index in [-0.39, 0.29) is 11.9 Å². The van der Waals surface area contributed by atoms with Crippen LogP contribution in [0.2, 0.25) is 0 Å². The van der Waals surface area contributed by atoms with Gasteiger partial charge in [-0.15, -0.1) is 5.10 Å². The van der Waals surface area contributed by atoms with Crippen LogP contribution in [-0.4, -0.2) is 24.8 Å². The maximum Gasteiger partial charge on any atom is 0.123 e. The molecular weight excluding hydrogens is 283 g/mol. The van der Waals surface area contributed by atoms with Gasteiger partial charge in [0.2, 0.25) is 0 Å². The molecule has 0 aliphatic carbocycles. The molecule has 0 aliphatic heterocycles. The lowest BCUT2D eigenvalue weighted by Gasteiger charge is -2.18. The van der Waals surface area contributed by atoms with Crippen LogP contribution in [0.1, 0.15) is 22.9 Å². The van der Waals surface area contributed by atoms with Gasteiger partial charge < -0.3 is 5.32 Å². The first-order valence-electron chi connectivity index (χ1n) is 6.94. The van der Waals surface area contributed by atoms with Crippen LogP contribution in [-0.2, 0) is 20.6 Å². The lowest BCUT2D eigenvalue weighted by atomic mass is 10.0. The molecule has 1 atom stereocenters. The molecule has 0 saturated carbocycles. The second-order valence-electron chi connectivity index (χ2n) is 5.16. The first kappa shape index (κ1) is 14.4. The summed E-state index contributed by atoms with van der Waals surface area (Å²) in [7, 11) is 3.72. The molecule has 1 aromatic carbocycles. The highest BCUT2D eigenvalue weighted by Crippen LogP contribution is 2.22. The normalized spacial score (nSPS) is 12.5. The molecule has 2 aromatic heterocycles. The molecule has 2 heterocycles. The zero-order chi connectivity index (χ0) is 15.5. The third-order valence-corrected chi connectivity index (χ3v) is 3.56. The van der Waals surface area contributed by atoms with E-state index >= 15 is 0 Å². The Hall–Kier alpha value is -2.54. The molecule has 0 radical (unpaired) electrons. The Morgan fingerprint density at radius 1 is 1.14 bits per heavy atom. The van der Waals surface area contributed by atoms with E-state index in [0.717, 1.165) is 16.8 Å². The first-order valence-corrected chi connectivity index (χ1v) is 6.94. The van der Waals surface area contributed by atoms with Crippen molar-refractivity contribution < 1.29 is 4.39 Å². The molecule has 114 valence electrons. The van der Waals surface area contributed by atoms with Crippen molar-refractivity contribution in [2.75, 3.05) is 0 Å². The Morgan fingerprint density at radius 3 is 2.50 bits per heavy atom. The largest absolute Gasteiger partial charge is 0.300 e. The minimum Gasteiger partial charge on any atom is -0.300 e. The average molecular weight is 300 g/mol. The van der Waals surface area contributed by atoms with Crippen LogP contribution in [0, 0.1) is 5.82 Å². The van der Waals surface area contributed by atoms with Gasteiger partial charge in [-0.3, -0.25) is 9.36 Å². The fraction of sp³-hybridized carbons (Fsp3) is 0.267. The van der Waals surface area contributed by atoms with E-state index in [1.165, 1.54) is 12.1 Å². The molecule has 0 fully saturated rings.